The molecule has 0 aromatic heterocycles. The summed E-state index contributed by atoms with van der Waals surface area (Å²) in [6.45, 7) is 6.38. The molecular formula is C18H24N4O3. The largest absolute Gasteiger partial charge is 0.444 e. The number of nitrogens with zero attached hydrogens (tertiary/aromatic N) is 3. The lowest BCUT2D eigenvalue weighted by Crippen LogP contribution is -2.63. The maximum atomic E-state index is 12.7. The lowest BCUT2D eigenvalue weighted by atomic mass is 10.0. The number of hydrazone groups is 1. The van der Waals surface area contributed by atoms with Gasteiger partial charge in [-0.3, -0.25) is 0 Å². The van der Waals surface area contributed by atoms with E-state index >= 15 is 0 Å². The number of urea groups is 1. The second-order valence-electron chi connectivity index (χ2n) is 7.34. The maximum Gasteiger partial charge on any atom is 0.407 e. The predicted octanol–water partition coefficient (Wildman–Crippen LogP) is 2.75. The standard InChI is InChI=1S/C18H24N4O3/c1-18(2,3)25-16(23)20-14-11-21(12-14)17(24)22-15(9-10-19-22)13-7-5-4-6-8-13/h4-8,10,14-15H,9,11-12H2,1-3H3,(H,20,23). The van der Waals surface area contributed by atoms with Gasteiger partial charge in [0.05, 0.1) is 12.1 Å². The molecule has 1 atom stereocenters. The van der Waals surface area contributed by atoms with Crippen molar-refractivity contribution in [1.82, 2.24) is 15.2 Å². The quantitative estimate of drug-likeness (QED) is 0.896. The van der Waals surface area contributed by atoms with Gasteiger partial charge < -0.3 is 15.0 Å². The summed E-state index contributed by atoms with van der Waals surface area (Å²) in [5, 5.41) is 8.54. The zero-order chi connectivity index (χ0) is 18.0. The van der Waals surface area contributed by atoms with Crippen LogP contribution in [-0.2, 0) is 4.74 Å². The summed E-state index contributed by atoms with van der Waals surface area (Å²) in [6, 6.07) is 9.59. The van der Waals surface area contributed by atoms with Crippen molar-refractivity contribution in [3.63, 3.8) is 0 Å². The van der Waals surface area contributed by atoms with Crippen molar-refractivity contribution in [2.45, 2.75) is 44.9 Å². The summed E-state index contributed by atoms with van der Waals surface area (Å²) in [6.07, 6.45) is 2.03. The van der Waals surface area contributed by atoms with Crippen molar-refractivity contribution < 1.29 is 14.3 Å². The zero-order valence-electron chi connectivity index (χ0n) is 14.8. The summed E-state index contributed by atoms with van der Waals surface area (Å²) >= 11 is 0. The van der Waals surface area contributed by atoms with E-state index in [1.54, 1.807) is 11.1 Å². The number of likely N-dealkylation sites (tertiary alicyclic amines) is 1. The van der Waals surface area contributed by atoms with Gasteiger partial charge in [0.2, 0.25) is 0 Å². The van der Waals surface area contributed by atoms with E-state index < -0.39 is 11.7 Å². The van der Waals surface area contributed by atoms with E-state index in [4.69, 9.17) is 4.74 Å². The molecule has 2 heterocycles. The Morgan fingerprint density at radius 1 is 1.20 bits per heavy atom. The van der Waals surface area contributed by atoms with E-state index in [0.717, 1.165) is 5.56 Å². The molecule has 0 bridgehead atoms. The molecular weight excluding hydrogens is 320 g/mol. The van der Waals surface area contributed by atoms with Crippen LogP contribution in [0.1, 0.15) is 38.8 Å². The Hall–Kier alpha value is -2.57. The van der Waals surface area contributed by atoms with Crippen LogP contribution in [0.2, 0.25) is 0 Å². The van der Waals surface area contributed by atoms with Crippen LogP contribution < -0.4 is 5.32 Å². The minimum absolute atomic E-state index is 0.0634. The number of benzene rings is 1. The van der Waals surface area contributed by atoms with E-state index in [9.17, 15) is 9.59 Å². The summed E-state index contributed by atoms with van der Waals surface area (Å²) in [5.41, 5.74) is 0.536. The SMILES string of the molecule is CC(C)(C)OC(=O)NC1CN(C(=O)N2N=CCC2c2ccccc2)C1. The summed E-state index contributed by atoms with van der Waals surface area (Å²) in [4.78, 5) is 26.1. The van der Waals surface area contributed by atoms with Crippen LogP contribution in [-0.4, -0.2) is 53.0 Å². The molecule has 0 aliphatic carbocycles. The third-order valence-corrected chi connectivity index (χ3v) is 4.08. The van der Waals surface area contributed by atoms with Crippen LogP contribution >= 0.6 is 0 Å². The Morgan fingerprint density at radius 3 is 2.52 bits per heavy atom. The molecule has 1 fully saturated rings. The molecule has 0 radical (unpaired) electrons. The molecule has 1 aromatic rings. The van der Waals surface area contributed by atoms with Crippen molar-refractivity contribution in [2.75, 3.05) is 13.1 Å². The molecule has 2 aliphatic rings. The van der Waals surface area contributed by atoms with Gasteiger partial charge in [-0.2, -0.15) is 5.10 Å². The van der Waals surface area contributed by atoms with Crippen molar-refractivity contribution >= 4 is 18.3 Å². The van der Waals surface area contributed by atoms with E-state index in [2.05, 4.69) is 10.4 Å². The lowest BCUT2D eigenvalue weighted by Gasteiger charge is -2.41. The van der Waals surface area contributed by atoms with E-state index in [0.29, 0.717) is 19.5 Å². The van der Waals surface area contributed by atoms with Gasteiger partial charge in [-0.05, 0) is 26.3 Å². The van der Waals surface area contributed by atoms with Gasteiger partial charge in [-0.1, -0.05) is 30.3 Å². The van der Waals surface area contributed by atoms with Gasteiger partial charge in [-0.15, -0.1) is 0 Å². The number of hydrogen-bond donors (Lipinski definition) is 1. The monoisotopic (exact) mass is 344 g/mol. The minimum atomic E-state index is -0.531. The Bertz CT molecular complexity index is 663. The number of carbonyl (C=O) groups excluding carboxylic acids is 2. The number of alkyl carbamates (subject to hydrolysis) is 1. The average molecular weight is 344 g/mol. The highest BCUT2D eigenvalue weighted by Crippen LogP contribution is 2.29. The molecule has 1 unspecified atom stereocenters. The van der Waals surface area contributed by atoms with Gasteiger partial charge in [0.25, 0.3) is 0 Å². The first-order valence-electron chi connectivity index (χ1n) is 8.48. The number of nitrogens with one attached hydrogen (secondary N) is 1. The molecule has 0 spiro atoms. The van der Waals surface area contributed by atoms with E-state index in [1.807, 2.05) is 51.1 Å². The number of hydrogen-bond acceptors (Lipinski definition) is 4. The fraction of sp³-hybridized carbons (Fsp3) is 0.500. The predicted molar refractivity (Wildman–Crippen MR) is 94.3 cm³/mol. The zero-order valence-corrected chi connectivity index (χ0v) is 14.8. The van der Waals surface area contributed by atoms with Gasteiger partial charge >= 0.3 is 12.1 Å². The molecule has 3 amide bonds. The molecule has 1 N–H and O–H groups in total. The van der Waals surface area contributed by atoms with Crippen LogP contribution in [0, 0.1) is 0 Å². The Balaban J connectivity index is 1.52. The highest BCUT2D eigenvalue weighted by Gasteiger charge is 2.38. The second kappa shape index (κ2) is 6.74. The highest BCUT2D eigenvalue weighted by atomic mass is 16.6. The van der Waals surface area contributed by atoms with Crippen LogP contribution in [0.5, 0.6) is 0 Å². The van der Waals surface area contributed by atoms with Crippen LogP contribution in [0.25, 0.3) is 0 Å². The third-order valence-electron chi connectivity index (χ3n) is 4.08. The minimum Gasteiger partial charge on any atom is -0.444 e. The molecule has 25 heavy (non-hydrogen) atoms. The molecule has 134 valence electrons. The Labute approximate surface area is 147 Å². The second-order valence-corrected chi connectivity index (χ2v) is 7.34. The van der Waals surface area contributed by atoms with E-state index in [-0.39, 0.29) is 18.1 Å². The first-order valence-corrected chi connectivity index (χ1v) is 8.48. The number of rotatable bonds is 2. The van der Waals surface area contributed by atoms with Gasteiger partial charge in [0, 0.05) is 25.7 Å². The van der Waals surface area contributed by atoms with Crippen LogP contribution in [0.3, 0.4) is 0 Å². The normalized spacial score (nSPS) is 20.4. The summed E-state index contributed by atoms with van der Waals surface area (Å²) < 4.78 is 5.23. The van der Waals surface area contributed by atoms with Crippen LogP contribution in [0.15, 0.2) is 35.4 Å². The molecule has 7 nitrogen and oxygen atoms in total. The Morgan fingerprint density at radius 2 is 1.88 bits per heavy atom. The average Bonchev–Trinajstić information content (AvgIpc) is 2.98. The van der Waals surface area contributed by atoms with Gasteiger partial charge in [-0.25, -0.2) is 14.6 Å². The van der Waals surface area contributed by atoms with Crippen molar-refractivity contribution in [3.05, 3.63) is 35.9 Å². The molecule has 1 aromatic carbocycles. The third kappa shape index (κ3) is 4.10. The lowest BCUT2D eigenvalue weighted by molar-refractivity contribution is 0.0406. The van der Waals surface area contributed by atoms with Crippen molar-refractivity contribution in [2.24, 2.45) is 5.10 Å². The molecule has 2 aliphatic heterocycles. The molecule has 7 heteroatoms. The van der Waals surface area contributed by atoms with Crippen molar-refractivity contribution in [3.8, 4) is 0 Å². The van der Waals surface area contributed by atoms with Crippen LogP contribution in [0.4, 0.5) is 9.59 Å². The topological polar surface area (TPSA) is 74.2 Å². The number of ether oxygens (including phenoxy) is 1. The number of carbonyl (C=O) groups is 2. The fourth-order valence-corrected chi connectivity index (χ4v) is 2.90. The van der Waals surface area contributed by atoms with Gasteiger partial charge in [0.15, 0.2) is 0 Å². The fourth-order valence-electron chi connectivity index (χ4n) is 2.90. The highest BCUT2D eigenvalue weighted by molar-refractivity contribution is 5.79. The smallest absolute Gasteiger partial charge is 0.407 e. The first kappa shape index (κ1) is 17.3. The van der Waals surface area contributed by atoms with E-state index in [1.165, 1.54) is 5.01 Å². The molecule has 1 saturated heterocycles. The van der Waals surface area contributed by atoms with Crippen molar-refractivity contribution in [1.29, 1.82) is 0 Å². The van der Waals surface area contributed by atoms with Gasteiger partial charge in [0.1, 0.15) is 5.60 Å². The summed E-state index contributed by atoms with van der Waals surface area (Å²) in [7, 11) is 0. The molecule has 3 rings (SSSR count). The molecule has 0 saturated carbocycles. The Kier molecular flexibility index (Phi) is 4.65. The maximum absolute atomic E-state index is 12.7. The first-order chi connectivity index (χ1) is 11.8. The summed E-state index contributed by atoms with van der Waals surface area (Å²) in [5.74, 6) is 0. The number of amides is 3.